The van der Waals surface area contributed by atoms with Crippen LogP contribution in [0.5, 0.6) is 0 Å². The zero-order valence-electron chi connectivity index (χ0n) is 19.2. The van der Waals surface area contributed by atoms with Gasteiger partial charge in [-0.05, 0) is 92.1 Å². The molecule has 1 aliphatic carbocycles. The maximum atomic E-state index is 14.6. The van der Waals surface area contributed by atoms with Gasteiger partial charge in [0.1, 0.15) is 11.6 Å². The summed E-state index contributed by atoms with van der Waals surface area (Å²) in [4.78, 5) is 0. The first-order chi connectivity index (χ1) is 16.0. The molecule has 0 heterocycles. The van der Waals surface area contributed by atoms with Crippen molar-refractivity contribution in [3.05, 3.63) is 106 Å². The molecule has 0 N–H and O–H groups in total. The average molecular weight is 439 g/mol. The average Bonchev–Trinajstić information content (AvgIpc) is 2.80. The molecule has 166 valence electrons. The predicted molar refractivity (Wildman–Crippen MR) is 131 cm³/mol. The van der Waals surface area contributed by atoms with Crippen molar-refractivity contribution in [3.8, 4) is 23.7 Å². The summed E-state index contributed by atoms with van der Waals surface area (Å²) in [6.07, 6.45) is 5.42. The lowest BCUT2D eigenvalue weighted by Crippen LogP contribution is -2.14. The van der Waals surface area contributed by atoms with Crippen LogP contribution in [0.4, 0.5) is 8.78 Å². The largest absolute Gasteiger partial charge is 0.206 e. The molecule has 0 amide bonds. The van der Waals surface area contributed by atoms with Gasteiger partial charge in [-0.1, -0.05) is 61.1 Å². The fraction of sp³-hybridized carbons (Fsp3) is 0.290. The SMILES string of the molecule is Cc1ccc(C#Cc2ccc(C#Cc3c(F)cc(CC4CCC(C)CC4)cc3F)cc2)cc1. The van der Waals surface area contributed by atoms with E-state index in [1.54, 1.807) is 0 Å². The van der Waals surface area contributed by atoms with Crippen LogP contribution in [-0.4, -0.2) is 0 Å². The second kappa shape index (κ2) is 10.5. The number of hydrogen-bond donors (Lipinski definition) is 0. The Balaban J connectivity index is 1.43. The normalized spacial score (nSPS) is 17.5. The van der Waals surface area contributed by atoms with Crippen molar-refractivity contribution in [2.45, 2.75) is 46.0 Å². The third-order valence-electron chi connectivity index (χ3n) is 6.38. The lowest BCUT2D eigenvalue weighted by molar-refractivity contribution is 0.288. The van der Waals surface area contributed by atoms with E-state index in [2.05, 4.69) is 30.6 Å². The molecule has 0 nitrogen and oxygen atoms in total. The number of benzene rings is 3. The van der Waals surface area contributed by atoms with E-state index in [4.69, 9.17) is 0 Å². The molecule has 4 rings (SSSR count). The van der Waals surface area contributed by atoms with Gasteiger partial charge in [-0.15, -0.1) is 0 Å². The molecule has 0 unspecified atom stereocenters. The Hall–Kier alpha value is -3.36. The molecule has 0 bridgehead atoms. The monoisotopic (exact) mass is 438 g/mol. The van der Waals surface area contributed by atoms with Gasteiger partial charge in [-0.3, -0.25) is 0 Å². The van der Waals surface area contributed by atoms with Crippen molar-refractivity contribution in [1.29, 1.82) is 0 Å². The third kappa shape index (κ3) is 6.34. The second-order valence-corrected chi connectivity index (χ2v) is 9.21. The maximum absolute atomic E-state index is 14.6. The maximum Gasteiger partial charge on any atom is 0.142 e. The van der Waals surface area contributed by atoms with Crippen molar-refractivity contribution >= 4 is 0 Å². The lowest BCUT2D eigenvalue weighted by atomic mass is 9.80. The van der Waals surface area contributed by atoms with Crippen LogP contribution in [0.3, 0.4) is 0 Å². The summed E-state index contributed by atoms with van der Waals surface area (Å²) in [5, 5.41) is 0. The topological polar surface area (TPSA) is 0 Å². The van der Waals surface area contributed by atoms with Gasteiger partial charge in [-0.2, -0.15) is 0 Å². The van der Waals surface area contributed by atoms with Crippen molar-refractivity contribution in [2.75, 3.05) is 0 Å². The molecule has 1 aliphatic rings. The van der Waals surface area contributed by atoms with Gasteiger partial charge in [0, 0.05) is 16.7 Å². The van der Waals surface area contributed by atoms with E-state index in [9.17, 15) is 8.78 Å². The predicted octanol–water partition coefficient (Wildman–Crippen LogP) is 7.44. The fourth-order valence-electron chi connectivity index (χ4n) is 4.28. The van der Waals surface area contributed by atoms with E-state index in [-0.39, 0.29) is 5.56 Å². The van der Waals surface area contributed by atoms with Crippen molar-refractivity contribution in [3.63, 3.8) is 0 Å². The van der Waals surface area contributed by atoms with Crippen molar-refractivity contribution in [1.82, 2.24) is 0 Å². The summed E-state index contributed by atoms with van der Waals surface area (Å²) in [5.41, 5.74) is 4.27. The van der Waals surface area contributed by atoms with Crippen LogP contribution in [-0.2, 0) is 6.42 Å². The highest BCUT2D eigenvalue weighted by atomic mass is 19.1. The van der Waals surface area contributed by atoms with Gasteiger partial charge < -0.3 is 0 Å². The Morgan fingerprint density at radius 1 is 0.697 bits per heavy atom. The molecule has 0 spiro atoms. The highest BCUT2D eigenvalue weighted by Gasteiger charge is 2.19. The lowest BCUT2D eigenvalue weighted by Gasteiger charge is -2.26. The van der Waals surface area contributed by atoms with Crippen LogP contribution in [0.25, 0.3) is 0 Å². The van der Waals surface area contributed by atoms with Gasteiger partial charge in [0.05, 0.1) is 5.56 Å². The van der Waals surface area contributed by atoms with Crippen LogP contribution in [0, 0.1) is 54.1 Å². The van der Waals surface area contributed by atoms with E-state index in [1.807, 2.05) is 55.5 Å². The minimum absolute atomic E-state index is 0.167. The van der Waals surface area contributed by atoms with Gasteiger partial charge in [-0.25, -0.2) is 8.78 Å². The summed E-state index contributed by atoms with van der Waals surface area (Å²) in [6, 6.07) is 18.3. The van der Waals surface area contributed by atoms with Crippen LogP contribution in [0.1, 0.15) is 66.0 Å². The fourth-order valence-corrected chi connectivity index (χ4v) is 4.28. The molecule has 0 atom stereocenters. The summed E-state index contributed by atoms with van der Waals surface area (Å²) < 4.78 is 29.2. The van der Waals surface area contributed by atoms with Crippen LogP contribution in [0.2, 0.25) is 0 Å². The Morgan fingerprint density at radius 2 is 1.15 bits per heavy atom. The first kappa shape index (κ1) is 22.8. The molecule has 1 fully saturated rings. The van der Waals surface area contributed by atoms with E-state index in [0.717, 1.165) is 41.9 Å². The summed E-state index contributed by atoms with van der Waals surface area (Å²) in [6.45, 7) is 4.32. The van der Waals surface area contributed by atoms with Crippen molar-refractivity contribution < 1.29 is 8.78 Å². The van der Waals surface area contributed by atoms with Gasteiger partial charge in [0.25, 0.3) is 0 Å². The standard InChI is InChI=1S/C31H28F2/c1-22-3-7-24(8-4-22)11-12-25-13-15-26(16-14-25)17-18-29-30(32)20-28(21-31(29)33)19-27-9-5-23(2)6-10-27/h3-4,7-8,13-16,20-21,23,27H,5-6,9-10,19H2,1-2H3. The molecule has 0 aromatic heterocycles. The van der Waals surface area contributed by atoms with Crippen LogP contribution < -0.4 is 0 Å². The number of halogens is 2. The zero-order valence-corrected chi connectivity index (χ0v) is 19.2. The molecular formula is C31H28F2. The molecule has 0 saturated heterocycles. The van der Waals surface area contributed by atoms with Crippen molar-refractivity contribution in [2.24, 2.45) is 11.8 Å². The van der Waals surface area contributed by atoms with E-state index in [1.165, 1.54) is 30.5 Å². The number of hydrogen-bond acceptors (Lipinski definition) is 0. The highest BCUT2D eigenvalue weighted by Crippen LogP contribution is 2.31. The first-order valence-corrected chi connectivity index (χ1v) is 11.6. The van der Waals surface area contributed by atoms with Gasteiger partial charge in [0.15, 0.2) is 0 Å². The Bertz CT molecular complexity index is 1200. The molecule has 3 aromatic carbocycles. The first-order valence-electron chi connectivity index (χ1n) is 11.6. The Labute approximate surface area is 196 Å². The molecule has 2 heteroatoms. The van der Waals surface area contributed by atoms with E-state index < -0.39 is 11.6 Å². The Kier molecular flexibility index (Phi) is 7.26. The molecule has 0 aliphatic heterocycles. The van der Waals surface area contributed by atoms with Crippen LogP contribution in [0.15, 0.2) is 60.7 Å². The number of aryl methyl sites for hydroxylation is 1. The zero-order chi connectivity index (χ0) is 23.2. The summed E-state index contributed by atoms with van der Waals surface area (Å²) in [5.74, 6) is 11.9. The second-order valence-electron chi connectivity index (χ2n) is 9.21. The molecule has 33 heavy (non-hydrogen) atoms. The Morgan fingerprint density at radius 3 is 1.67 bits per heavy atom. The van der Waals surface area contributed by atoms with Gasteiger partial charge in [0.2, 0.25) is 0 Å². The third-order valence-corrected chi connectivity index (χ3v) is 6.38. The summed E-state index contributed by atoms with van der Waals surface area (Å²) >= 11 is 0. The van der Waals surface area contributed by atoms with E-state index in [0.29, 0.717) is 11.5 Å². The van der Waals surface area contributed by atoms with E-state index >= 15 is 0 Å². The number of rotatable bonds is 2. The quantitative estimate of drug-likeness (QED) is 0.365. The smallest absolute Gasteiger partial charge is 0.142 e. The molecule has 3 aromatic rings. The highest BCUT2D eigenvalue weighted by molar-refractivity contribution is 5.48. The molecule has 0 radical (unpaired) electrons. The minimum Gasteiger partial charge on any atom is -0.206 e. The molecule has 1 saturated carbocycles. The minimum atomic E-state index is -0.581. The van der Waals surface area contributed by atoms with Crippen LogP contribution >= 0.6 is 0 Å². The van der Waals surface area contributed by atoms with Gasteiger partial charge >= 0.3 is 0 Å². The summed E-state index contributed by atoms with van der Waals surface area (Å²) in [7, 11) is 0. The molecular weight excluding hydrogens is 410 g/mol.